The summed E-state index contributed by atoms with van der Waals surface area (Å²) in [6, 6.07) is 10.8. The molecule has 1 N–H and O–H groups in total. The molecule has 0 spiro atoms. The molecule has 0 fully saturated rings. The van der Waals surface area contributed by atoms with E-state index in [1.807, 2.05) is 12.1 Å². The zero-order valence-corrected chi connectivity index (χ0v) is 13.4. The average Bonchev–Trinajstić information content (AvgIpc) is 2.82. The molecule has 0 bridgehead atoms. The SMILES string of the molecule is CCNC(c1ccc(OC)cc1)c1csc(I)c1. The van der Waals surface area contributed by atoms with Gasteiger partial charge in [0.15, 0.2) is 0 Å². The normalized spacial score (nSPS) is 12.4. The van der Waals surface area contributed by atoms with E-state index in [4.69, 9.17) is 4.74 Å². The number of ether oxygens (including phenoxy) is 1. The molecule has 0 saturated carbocycles. The molecule has 96 valence electrons. The molecular weight excluding hydrogens is 357 g/mol. The fraction of sp³-hybridized carbons (Fsp3) is 0.286. The molecule has 0 aliphatic carbocycles. The lowest BCUT2D eigenvalue weighted by molar-refractivity contribution is 0.414. The van der Waals surface area contributed by atoms with Gasteiger partial charge < -0.3 is 10.1 Å². The summed E-state index contributed by atoms with van der Waals surface area (Å²) < 4.78 is 6.52. The van der Waals surface area contributed by atoms with Gasteiger partial charge in [-0.15, -0.1) is 11.3 Å². The largest absolute Gasteiger partial charge is 0.497 e. The maximum atomic E-state index is 5.20. The second kappa shape index (κ2) is 6.54. The zero-order valence-electron chi connectivity index (χ0n) is 10.4. The number of hydrogen-bond donors (Lipinski definition) is 1. The van der Waals surface area contributed by atoms with Crippen LogP contribution in [0.15, 0.2) is 35.7 Å². The first-order valence-electron chi connectivity index (χ1n) is 5.86. The molecule has 0 aliphatic heterocycles. The van der Waals surface area contributed by atoms with Crippen LogP contribution in [0.5, 0.6) is 5.75 Å². The Morgan fingerprint density at radius 1 is 1.28 bits per heavy atom. The number of nitrogens with one attached hydrogen (secondary N) is 1. The van der Waals surface area contributed by atoms with E-state index in [9.17, 15) is 0 Å². The average molecular weight is 373 g/mol. The molecule has 2 aromatic rings. The van der Waals surface area contributed by atoms with Crippen molar-refractivity contribution in [2.24, 2.45) is 0 Å². The van der Waals surface area contributed by atoms with Crippen molar-refractivity contribution in [3.63, 3.8) is 0 Å². The maximum Gasteiger partial charge on any atom is 0.118 e. The van der Waals surface area contributed by atoms with E-state index in [-0.39, 0.29) is 6.04 Å². The first-order valence-corrected chi connectivity index (χ1v) is 7.81. The van der Waals surface area contributed by atoms with E-state index < -0.39 is 0 Å². The summed E-state index contributed by atoms with van der Waals surface area (Å²) in [6.45, 7) is 3.08. The van der Waals surface area contributed by atoms with Gasteiger partial charge in [-0.3, -0.25) is 0 Å². The number of benzene rings is 1. The molecule has 0 saturated heterocycles. The van der Waals surface area contributed by atoms with Gasteiger partial charge in [0.1, 0.15) is 5.75 Å². The van der Waals surface area contributed by atoms with Crippen molar-refractivity contribution in [3.8, 4) is 5.75 Å². The van der Waals surface area contributed by atoms with Gasteiger partial charge in [-0.05, 0) is 63.8 Å². The monoisotopic (exact) mass is 373 g/mol. The summed E-state index contributed by atoms with van der Waals surface area (Å²) in [5.74, 6) is 0.897. The van der Waals surface area contributed by atoms with Crippen LogP contribution in [0.4, 0.5) is 0 Å². The van der Waals surface area contributed by atoms with Crippen LogP contribution in [0, 0.1) is 2.88 Å². The fourth-order valence-electron chi connectivity index (χ4n) is 1.90. The lowest BCUT2D eigenvalue weighted by Crippen LogP contribution is -2.21. The molecule has 0 radical (unpaired) electrons. The Morgan fingerprint density at radius 2 is 2.00 bits per heavy atom. The predicted octanol–water partition coefficient (Wildman–Crippen LogP) is 4.06. The van der Waals surface area contributed by atoms with Gasteiger partial charge in [0.25, 0.3) is 0 Å². The third-order valence-corrected chi connectivity index (χ3v) is 4.59. The summed E-state index contributed by atoms with van der Waals surface area (Å²) in [7, 11) is 1.69. The number of methoxy groups -OCH3 is 1. The summed E-state index contributed by atoms with van der Waals surface area (Å²) in [4.78, 5) is 0. The molecule has 2 nitrogen and oxygen atoms in total. The Morgan fingerprint density at radius 3 is 2.50 bits per heavy atom. The van der Waals surface area contributed by atoms with Crippen molar-refractivity contribution in [2.75, 3.05) is 13.7 Å². The van der Waals surface area contributed by atoms with Crippen molar-refractivity contribution in [3.05, 3.63) is 49.7 Å². The topological polar surface area (TPSA) is 21.3 Å². The van der Waals surface area contributed by atoms with E-state index in [2.05, 4.69) is 58.4 Å². The molecule has 4 heteroatoms. The van der Waals surface area contributed by atoms with E-state index in [0.717, 1.165) is 12.3 Å². The highest BCUT2D eigenvalue weighted by atomic mass is 127. The molecule has 0 aliphatic rings. The van der Waals surface area contributed by atoms with Crippen LogP contribution in [-0.4, -0.2) is 13.7 Å². The minimum Gasteiger partial charge on any atom is -0.497 e. The number of hydrogen-bond acceptors (Lipinski definition) is 3. The highest BCUT2D eigenvalue weighted by Crippen LogP contribution is 2.28. The lowest BCUT2D eigenvalue weighted by atomic mass is 10.0. The van der Waals surface area contributed by atoms with Crippen LogP contribution >= 0.6 is 33.9 Å². The quantitative estimate of drug-likeness (QED) is 0.799. The van der Waals surface area contributed by atoms with Gasteiger partial charge in [-0.1, -0.05) is 19.1 Å². The Balaban J connectivity index is 2.28. The van der Waals surface area contributed by atoms with Crippen molar-refractivity contribution in [2.45, 2.75) is 13.0 Å². The van der Waals surface area contributed by atoms with Gasteiger partial charge in [-0.25, -0.2) is 0 Å². The molecule has 1 aromatic heterocycles. The minimum atomic E-state index is 0.265. The molecule has 1 unspecified atom stereocenters. The van der Waals surface area contributed by atoms with E-state index in [1.165, 1.54) is 14.0 Å². The van der Waals surface area contributed by atoms with Crippen molar-refractivity contribution in [1.29, 1.82) is 0 Å². The Kier molecular flexibility index (Phi) is 5.03. The molecule has 1 heterocycles. The lowest BCUT2D eigenvalue weighted by Gasteiger charge is -2.17. The molecular formula is C14H16INOS. The Bertz CT molecular complexity index is 495. The standard InChI is InChI=1S/C14H16INOS/c1-3-16-14(11-8-13(15)18-9-11)10-4-6-12(17-2)7-5-10/h4-9,14,16H,3H2,1-2H3. The van der Waals surface area contributed by atoms with Crippen LogP contribution in [-0.2, 0) is 0 Å². The summed E-state index contributed by atoms with van der Waals surface area (Å²) >= 11 is 4.15. The summed E-state index contributed by atoms with van der Waals surface area (Å²) in [5, 5.41) is 5.75. The van der Waals surface area contributed by atoms with Crippen molar-refractivity contribution < 1.29 is 4.74 Å². The molecule has 1 aromatic carbocycles. The highest BCUT2D eigenvalue weighted by molar-refractivity contribution is 14.1. The summed E-state index contributed by atoms with van der Waals surface area (Å²) in [6.07, 6.45) is 0. The molecule has 18 heavy (non-hydrogen) atoms. The van der Waals surface area contributed by atoms with Gasteiger partial charge >= 0.3 is 0 Å². The summed E-state index contributed by atoms with van der Waals surface area (Å²) in [5.41, 5.74) is 2.60. The van der Waals surface area contributed by atoms with Crippen LogP contribution in [0.25, 0.3) is 0 Å². The number of rotatable bonds is 5. The minimum absolute atomic E-state index is 0.265. The van der Waals surface area contributed by atoms with E-state index >= 15 is 0 Å². The molecule has 1 atom stereocenters. The zero-order chi connectivity index (χ0) is 13.0. The second-order valence-electron chi connectivity index (χ2n) is 3.95. The third-order valence-electron chi connectivity index (χ3n) is 2.78. The van der Waals surface area contributed by atoms with Gasteiger partial charge in [-0.2, -0.15) is 0 Å². The number of thiophene rings is 1. The number of halogens is 1. The highest BCUT2D eigenvalue weighted by Gasteiger charge is 2.14. The molecule has 0 amide bonds. The smallest absolute Gasteiger partial charge is 0.118 e. The first-order chi connectivity index (χ1) is 8.74. The van der Waals surface area contributed by atoms with Crippen LogP contribution in [0.1, 0.15) is 24.1 Å². The van der Waals surface area contributed by atoms with Gasteiger partial charge in [0.05, 0.1) is 16.0 Å². The third kappa shape index (κ3) is 3.24. The first kappa shape index (κ1) is 13.8. The van der Waals surface area contributed by atoms with Crippen molar-refractivity contribution in [1.82, 2.24) is 5.32 Å². The second-order valence-corrected chi connectivity index (χ2v) is 6.75. The van der Waals surface area contributed by atoms with Gasteiger partial charge in [0, 0.05) is 0 Å². The predicted molar refractivity (Wildman–Crippen MR) is 85.5 cm³/mol. The van der Waals surface area contributed by atoms with Gasteiger partial charge in [0.2, 0.25) is 0 Å². The van der Waals surface area contributed by atoms with E-state index in [1.54, 1.807) is 18.4 Å². The maximum absolute atomic E-state index is 5.20. The Labute approximate surface area is 126 Å². The van der Waals surface area contributed by atoms with Crippen LogP contribution in [0.3, 0.4) is 0 Å². The Hall–Kier alpha value is -0.590. The van der Waals surface area contributed by atoms with E-state index in [0.29, 0.717) is 0 Å². The van der Waals surface area contributed by atoms with Crippen LogP contribution < -0.4 is 10.1 Å². The van der Waals surface area contributed by atoms with Crippen LogP contribution in [0.2, 0.25) is 0 Å². The van der Waals surface area contributed by atoms with Crippen molar-refractivity contribution >= 4 is 33.9 Å². The fourth-order valence-corrected chi connectivity index (χ4v) is 3.30. The molecule has 2 rings (SSSR count).